The van der Waals surface area contributed by atoms with Crippen molar-refractivity contribution in [3.63, 3.8) is 0 Å². The predicted molar refractivity (Wildman–Crippen MR) is 61.0 cm³/mol. The molecule has 0 amide bonds. The minimum Gasteiger partial charge on any atom is -0.379 e. The number of nitrogens with zero attached hydrogens (tertiary/aromatic N) is 1. The molecule has 0 aromatic rings. The van der Waals surface area contributed by atoms with Crippen LogP contribution in [0, 0.1) is 5.92 Å². The van der Waals surface area contributed by atoms with Gasteiger partial charge in [-0.1, -0.05) is 13.8 Å². The Kier molecular flexibility index (Phi) is 5.88. The van der Waals surface area contributed by atoms with Crippen LogP contribution in [0.25, 0.3) is 0 Å². The first-order chi connectivity index (χ1) is 7.20. The van der Waals surface area contributed by atoms with Gasteiger partial charge in [0.1, 0.15) is 5.78 Å². The van der Waals surface area contributed by atoms with Crippen LogP contribution in [0.2, 0.25) is 0 Å². The smallest absolute Gasteiger partial charge is 0.135 e. The SMILES string of the molecule is CC(C)C(=O)CCCCN1CCOCC1. The molecule has 3 heteroatoms. The number of unbranched alkanes of at least 4 members (excludes halogenated alkanes) is 1. The number of hydrogen-bond acceptors (Lipinski definition) is 3. The number of Topliss-reactive ketones (excluding diaryl/α,β-unsaturated/α-hetero) is 1. The van der Waals surface area contributed by atoms with Crippen LogP contribution in [0.15, 0.2) is 0 Å². The fourth-order valence-corrected chi connectivity index (χ4v) is 1.75. The highest BCUT2D eigenvalue weighted by atomic mass is 16.5. The molecule has 0 unspecified atom stereocenters. The second-order valence-electron chi connectivity index (χ2n) is 4.53. The van der Waals surface area contributed by atoms with Crippen molar-refractivity contribution in [1.29, 1.82) is 0 Å². The van der Waals surface area contributed by atoms with E-state index in [9.17, 15) is 4.79 Å². The van der Waals surface area contributed by atoms with Gasteiger partial charge in [-0.15, -0.1) is 0 Å². The van der Waals surface area contributed by atoms with Gasteiger partial charge in [0.2, 0.25) is 0 Å². The van der Waals surface area contributed by atoms with Crippen molar-refractivity contribution in [2.24, 2.45) is 5.92 Å². The van der Waals surface area contributed by atoms with E-state index in [1.807, 2.05) is 13.8 Å². The highest BCUT2D eigenvalue weighted by Crippen LogP contribution is 2.06. The molecule has 1 aliphatic rings. The summed E-state index contributed by atoms with van der Waals surface area (Å²) in [7, 11) is 0. The molecule has 1 rings (SSSR count). The van der Waals surface area contributed by atoms with Crippen molar-refractivity contribution >= 4 is 5.78 Å². The first-order valence-electron chi connectivity index (χ1n) is 6.03. The van der Waals surface area contributed by atoms with E-state index < -0.39 is 0 Å². The molecule has 0 aromatic carbocycles. The van der Waals surface area contributed by atoms with Crippen molar-refractivity contribution in [3.8, 4) is 0 Å². The van der Waals surface area contributed by atoms with Gasteiger partial charge in [-0.25, -0.2) is 0 Å². The Bertz CT molecular complexity index is 186. The van der Waals surface area contributed by atoms with Crippen molar-refractivity contribution in [1.82, 2.24) is 4.90 Å². The maximum absolute atomic E-state index is 11.4. The van der Waals surface area contributed by atoms with Crippen LogP contribution in [0.1, 0.15) is 33.1 Å². The predicted octanol–water partition coefficient (Wildman–Crippen LogP) is 1.71. The number of hydrogen-bond donors (Lipinski definition) is 0. The van der Waals surface area contributed by atoms with Gasteiger partial charge < -0.3 is 4.74 Å². The van der Waals surface area contributed by atoms with Gasteiger partial charge in [-0.2, -0.15) is 0 Å². The van der Waals surface area contributed by atoms with E-state index in [-0.39, 0.29) is 5.92 Å². The Balaban J connectivity index is 1.98. The second-order valence-corrected chi connectivity index (χ2v) is 4.53. The van der Waals surface area contributed by atoms with Crippen LogP contribution in [0.3, 0.4) is 0 Å². The first-order valence-corrected chi connectivity index (χ1v) is 6.03. The summed E-state index contributed by atoms with van der Waals surface area (Å²) in [6.07, 6.45) is 2.93. The molecule has 0 saturated carbocycles. The molecule has 1 heterocycles. The highest BCUT2D eigenvalue weighted by molar-refractivity contribution is 5.80. The molecule has 0 atom stereocenters. The summed E-state index contributed by atoms with van der Waals surface area (Å²) in [6, 6.07) is 0. The lowest BCUT2D eigenvalue weighted by Gasteiger charge is -2.26. The quantitative estimate of drug-likeness (QED) is 0.629. The molecule has 0 spiro atoms. The van der Waals surface area contributed by atoms with Crippen LogP contribution in [0.5, 0.6) is 0 Å². The third-order valence-electron chi connectivity index (χ3n) is 2.90. The average Bonchev–Trinajstić information content (AvgIpc) is 2.25. The van der Waals surface area contributed by atoms with Crippen molar-refractivity contribution in [3.05, 3.63) is 0 Å². The molecule has 0 aliphatic carbocycles. The molecule has 1 saturated heterocycles. The molecule has 0 radical (unpaired) electrons. The monoisotopic (exact) mass is 213 g/mol. The Labute approximate surface area is 92.8 Å². The van der Waals surface area contributed by atoms with Crippen molar-refractivity contribution in [2.45, 2.75) is 33.1 Å². The molecular formula is C12H23NO2. The van der Waals surface area contributed by atoms with E-state index >= 15 is 0 Å². The third kappa shape index (κ3) is 5.28. The van der Waals surface area contributed by atoms with Gasteiger partial charge in [0, 0.05) is 25.4 Å². The van der Waals surface area contributed by atoms with E-state index in [4.69, 9.17) is 4.74 Å². The fourth-order valence-electron chi connectivity index (χ4n) is 1.75. The second kappa shape index (κ2) is 6.96. The topological polar surface area (TPSA) is 29.5 Å². The highest BCUT2D eigenvalue weighted by Gasteiger charge is 2.10. The van der Waals surface area contributed by atoms with Gasteiger partial charge in [0.15, 0.2) is 0 Å². The Morgan fingerprint density at radius 3 is 2.53 bits per heavy atom. The maximum atomic E-state index is 11.4. The zero-order valence-electron chi connectivity index (χ0n) is 10.00. The number of morpholine rings is 1. The molecular weight excluding hydrogens is 190 g/mol. The lowest BCUT2D eigenvalue weighted by molar-refractivity contribution is -0.122. The summed E-state index contributed by atoms with van der Waals surface area (Å²) >= 11 is 0. The molecule has 88 valence electrons. The minimum atomic E-state index is 0.202. The molecule has 1 fully saturated rings. The zero-order chi connectivity index (χ0) is 11.1. The summed E-state index contributed by atoms with van der Waals surface area (Å²) in [6.45, 7) is 8.91. The van der Waals surface area contributed by atoms with Crippen LogP contribution >= 0.6 is 0 Å². The Hall–Kier alpha value is -0.410. The van der Waals surface area contributed by atoms with Gasteiger partial charge >= 0.3 is 0 Å². The summed E-state index contributed by atoms with van der Waals surface area (Å²) in [4.78, 5) is 13.8. The fraction of sp³-hybridized carbons (Fsp3) is 0.917. The number of carbonyl (C=O) groups excluding carboxylic acids is 1. The van der Waals surface area contributed by atoms with E-state index in [2.05, 4.69) is 4.90 Å². The molecule has 3 nitrogen and oxygen atoms in total. The van der Waals surface area contributed by atoms with E-state index in [1.54, 1.807) is 0 Å². The standard InChI is InChI=1S/C12H23NO2/c1-11(2)12(14)5-3-4-6-13-7-9-15-10-8-13/h11H,3-10H2,1-2H3. The molecule has 0 bridgehead atoms. The van der Waals surface area contributed by atoms with E-state index in [0.29, 0.717) is 5.78 Å². The number of carbonyl (C=O) groups is 1. The van der Waals surface area contributed by atoms with Crippen LogP contribution in [-0.4, -0.2) is 43.5 Å². The average molecular weight is 213 g/mol. The van der Waals surface area contributed by atoms with Crippen LogP contribution in [-0.2, 0) is 9.53 Å². The number of rotatable bonds is 6. The van der Waals surface area contributed by atoms with Crippen LogP contribution in [0.4, 0.5) is 0 Å². The summed E-state index contributed by atoms with van der Waals surface area (Å²) < 4.78 is 5.28. The van der Waals surface area contributed by atoms with E-state index in [0.717, 1.165) is 52.1 Å². The molecule has 0 N–H and O–H groups in total. The van der Waals surface area contributed by atoms with Crippen molar-refractivity contribution in [2.75, 3.05) is 32.8 Å². The van der Waals surface area contributed by atoms with Gasteiger partial charge in [0.05, 0.1) is 13.2 Å². The summed E-state index contributed by atoms with van der Waals surface area (Å²) in [5, 5.41) is 0. The van der Waals surface area contributed by atoms with E-state index in [1.165, 1.54) is 0 Å². The summed E-state index contributed by atoms with van der Waals surface area (Å²) in [5.74, 6) is 0.602. The largest absolute Gasteiger partial charge is 0.379 e. The molecule has 0 aromatic heterocycles. The molecule has 1 aliphatic heterocycles. The zero-order valence-corrected chi connectivity index (χ0v) is 10.00. The maximum Gasteiger partial charge on any atom is 0.135 e. The van der Waals surface area contributed by atoms with Crippen LogP contribution < -0.4 is 0 Å². The third-order valence-corrected chi connectivity index (χ3v) is 2.90. The first kappa shape index (κ1) is 12.7. The van der Waals surface area contributed by atoms with Gasteiger partial charge in [-0.3, -0.25) is 9.69 Å². The van der Waals surface area contributed by atoms with Gasteiger partial charge in [-0.05, 0) is 19.4 Å². The Morgan fingerprint density at radius 1 is 1.27 bits per heavy atom. The normalized spacial score (nSPS) is 18.3. The number of ether oxygens (including phenoxy) is 1. The molecule has 15 heavy (non-hydrogen) atoms. The summed E-state index contributed by atoms with van der Waals surface area (Å²) in [5.41, 5.74) is 0. The van der Waals surface area contributed by atoms with Gasteiger partial charge in [0.25, 0.3) is 0 Å². The minimum absolute atomic E-state index is 0.202. The number of ketones is 1. The lowest BCUT2D eigenvalue weighted by Crippen LogP contribution is -2.36. The Morgan fingerprint density at radius 2 is 1.93 bits per heavy atom. The van der Waals surface area contributed by atoms with Crippen molar-refractivity contribution < 1.29 is 9.53 Å². The lowest BCUT2D eigenvalue weighted by atomic mass is 10.0.